The Hall–Kier alpha value is -2.13. The molecule has 0 spiro atoms. The number of nitro groups is 1. The molecule has 0 aliphatic carbocycles. The van der Waals surface area contributed by atoms with Crippen molar-refractivity contribution in [1.29, 1.82) is 5.26 Å². The predicted octanol–water partition coefficient (Wildman–Crippen LogP) is 3.02. The minimum Gasteiger partial charge on any atom is -0.389 e. The first-order valence-corrected chi connectivity index (χ1v) is 6.95. The summed E-state index contributed by atoms with van der Waals surface area (Å²) in [5.74, 6) is 0.319. The minimum absolute atomic E-state index is 0.0352. The number of nitro benzene ring substituents is 1. The van der Waals surface area contributed by atoms with E-state index in [2.05, 4.69) is 6.07 Å². The Labute approximate surface area is 124 Å². The van der Waals surface area contributed by atoms with Crippen molar-refractivity contribution in [3.63, 3.8) is 0 Å². The summed E-state index contributed by atoms with van der Waals surface area (Å²) in [6.45, 7) is 6.70. The van der Waals surface area contributed by atoms with Crippen LogP contribution < -0.4 is 4.90 Å². The monoisotopic (exact) mass is 291 g/mol. The van der Waals surface area contributed by atoms with Gasteiger partial charge in [0.15, 0.2) is 0 Å². The summed E-state index contributed by atoms with van der Waals surface area (Å²) in [7, 11) is 0. The summed E-state index contributed by atoms with van der Waals surface area (Å²) in [5.41, 5.74) is 0.968. The molecule has 21 heavy (non-hydrogen) atoms. The SMILES string of the molecule is CC(C)CN(CCC#N)c1ccc(C(C)O)cc1[N+](=O)[O-]. The number of aliphatic hydroxyl groups is 1. The van der Waals surface area contributed by atoms with Gasteiger partial charge >= 0.3 is 0 Å². The fourth-order valence-electron chi connectivity index (χ4n) is 2.15. The molecule has 0 heterocycles. The van der Waals surface area contributed by atoms with Crippen molar-refractivity contribution < 1.29 is 10.0 Å². The predicted molar refractivity (Wildman–Crippen MR) is 81.0 cm³/mol. The van der Waals surface area contributed by atoms with Gasteiger partial charge in [-0.2, -0.15) is 5.26 Å². The largest absolute Gasteiger partial charge is 0.389 e. The van der Waals surface area contributed by atoms with Gasteiger partial charge in [-0.1, -0.05) is 19.9 Å². The highest BCUT2D eigenvalue weighted by Gasteiger charge is 2.21. The molecule has 1 atom stereocenters. The third-order valence-corrected chi connectivity index (χ3v) is 3.10. The molecule has 1 aromatic carbocycles. The zero-order chi connectivity index (χ0) is 16.0. The zero-order valence-electron chi connectivity index (χ0n) is 12.6. The summed E-state index contributed by atoms with van der Waals surface area (Å²) < 4.78 is 0. The molecule has 0 fully saturated rings. The van der Waals surface area contributed by atoms with Gasteiger partial charge in [-0.25, -0.2) is 0 Å². The highest BCUT2D eigenvalue weighted by atomic mass is 16.6. The fraction of sp³-hybridized carbons (Fsp3) is 0.533. The molecule has 0 saturated carbocycles. The fourth-order valence-corrected chi connectivity index (χ4v) is 2.15. The zero-order valence-corrected chi connectivity index (χ0v) is 12.6. The summed E-state index contributed by atoms with van der Waals surface area (Å²) in [4.78, 5) is 12.7. The maximum Gasteiger partial charge on any atom is 0.292 e. The normalized spacial score (nSPS) is 12.0. The molecule has 0 saturated heterocycles. The van der Waals surface area contributed by atoms with Gasteiger partial charge in [0, 0.05) is 19.2 Å². The van der Waals surface area contributed by atoms with Crippen LogP contribution in [-0.2, 0) is 0 Å². The standard InChI is InChI=1S/C15H21N3O3/c1-11(2)10-17(8-4-7-16)14-6-5-13(12(3)19)9-15(14)18(20)21/h5-6,9,11-12,19H,4,8,10H2,1-3H3. The van der Waals surface area contributed by atoms with Crippen LogP contribution in [0.1, 0.15) is 38.9 Å². The van der Waals surface area contributed by atoms with E-state index in [1.807, 2.05) is 18.7 Å². The van der Waals surface area contributed by atoms with Crippen LogP contribution in [0.4, 0.5) is 11.4 Å². The molecule has 1 rings (SSSR count). The molecule has 1 aromatic rings. The molecule has 0 bridgehead atoms. The highest BCUT2D eigenvalue weighted by Crippen LogP contribution is 2.31. The van der Waals surface area contributed by atoms with E-state index < -0.39 is 11.0 Å². The van der Waals surface area contributed by atoms with Crippen LogP contribution >= 0.6 is 0 Å². The van der Waals surface area contributed by atoms with Crippen molar-refractivity contribution in [1.82, 2.24) is 0 Å². The molecule has 6 nitrogen and oxygen atoms in total. The third kappa shape index (κ3) is 4.72. The van der Waals surface area contributed by atoms with Crippen LogP contribution in [-0.4, -0.2) is 23.1 Å². The van der Waals surface area contributed by atoms with E-state index in [9.17, 15) is 15.2 Å². The lowest BCUT2D eigenvalue weighted by atomic mass is 10.1. The number of benzene rings is 1. The van der Waals surface area contributed by atoms with Gasteiger partial charge in [-0.15, -0.1) is 0 Å². The number of hydrogen-bond acceptors (Lipinski definition) is 5. The number of aliphatic hydroxyl groups excluding tert-OH is 1. The second kappa shape index (κ2) is 7.60. The first kappa shape index (κ1) is 16.9. The van der Waals surface area contributed by atoms with Crippen molar-refractivity contribution in [3.8, 4) is 6.07 Å². The molecule has 114 valence electrons. The molecule has 0 aliphatic rings. The lowest BCUT2D eigenvalue weighted by Crippen LogP contribution is -2.29. The minimum atomic E-state index is -0.754. The van der Waals surface area contributed by atoms with Crippen LogP contribution in [0.25, 0.3) is 0 Å². The van der Waals surface area contributed by atoms with Crippen molar-refractivity contribution in [3.05, 3.63) is 33.9 Å². The molecule has 1 N–H and O–H groups in total. The van der Waals surface area contributed by atoms with Crippen molar-refractivity contribution >= 4 is 11.4 Å². The van der Waals surface area contributed by atoms with Crippen LogP contribution in [0.2, 0.25) is 0 Å². The summed E-state index contributed by atoms with van der Waals surface area (Å²) in [6, 6.07) is 6.81. The van der Waals surface area contributed by atoms with Crippen molar-refractivity contribution in [2.45, 2.75) is 33.3 Å². The Morgan fingerprint density at radius 2 is 2.10 bits per heavy atom. The van der Waals surface area contributed by atoms with E-state index in [0.717, 1.165) is 0 Å². The quantitative estimate of drug-likeness (QED) is 0.616. The Morgan fingerprint density at radius 3 is 2.57 bits per heavy atom. The molecule has 6 heteroatoms. The van der Waals surface area contributed by atoms with Gasteiger partial charge in [0.2, 0.25) is 0 Å². The van der Waals surface area contributed by atoms with Gasteiger partial charge in [0.05, 0.1) is 23.5 Å². The van der Waals surface area contributed by atoms with Gasteiger partial charge in [0.1, 0.15) is 5.69 Å². The first-order valence-electron chi connectivity index (χ1n) is 6.95. The lowest BCUT2D eigenvalue weighted by Gasteiger charge is -2.25. The average Bonchev–Trinajstić information content (AvgIpc) is 2.42. The van der Waals surface area contributed by atoms with E-state index in [4.69, 9.17) is 5.26 Å². The van der Waals surface area contributed by atoms with Crippen LogP contribution in [0.15, 0.2) is 18.2 Å². The molecular formula is C15H21N3O3. The Balaban J connectivity index is 3.22. The smallest absolute Gasteiger partial charge is 0.292 e. The van der Waals surface area contributed by atoms with Crippen LogP contribution in [0, 0.1) is 27.4 Å². The Morgan fingerprint density at radius 1 is 1.43 bits per heavy atom. The Bertz CT molecular complexity index is 535. The van der Waals surface area contributed by atoms with Crippen LogP contribution in [0.5, 0.6) is 0 Å². The molecule has 1 unspecified atom stereocenters. The van der Waals surface area contributed by atoms with E-state index >= 15 is 0 Å². The topological polar surface area (TPSA) is 90.4 Å². The second-order valence-corrected chi connectivity index (χ2v) is 5.43. The third-order valence-electron chi connectivity index (χ3n) is 3.10. The number of nitriles is 1. The van der Waals surface area contributed by atoms with Gasteiger partial charge < -0.3 is 10.0 Å². The van der Waals surface area contributed by atoms with Crippen molar-refractivity contribution in [2.24, 2.45) is 5.92 Å². The second-order valence-electron chi connectivity index (χ2n) is 5.43. The van der Waals surface area contributed by atoms with E-state index in [1.54, 1.807) is 19.1 Å². The van der Waals surface area contributed by atoms with E-state index in [-0.39, 0.29) is 5.69 Å². The Kier molecular flexibility index (Phi) is 6.12. The number of rotatable bonds is 7. The molecular weight excluding hydrogens is 270 g/mol. The molecule has 0 aromatic heterocycles. The number of nitrogens with zero attached hydrogens (tertiary/aromatic N) is 3. The molecule has 0 aliphatic heterocycles. The summed E-state index contributed by atoms with van der Waals surface area (Å²) >= 11 is 0. The maximum absolute atomic E-state index is 11.3. The summed E-state index contributed by atoms with van der Waals surface area (Å²) in [6.07, 6.45) is -0.447. The lowest BCUT2D eigenvalue weighted by molar-refractivity contribution is -0.384. The van der Waals surface area contributed by atoms with Crippen molar-refractivity contribution in [2.75, 3.05) is 18.0 Å². The molecule has 0 radical (unpaired) electrons. The maximum atomic E-state index is 11.3. The average molecular weight is 291 g/mol. The summed E-state index contributed by atoms with van der Waals surface area (Å²) in [5, 5.41) is 29.6. The number of hydrogen-bond donors (Lipinski definition) is 1. The molecule has 0 amide bonds. The van der Waals surface area contributed by atoms with Crippen LogP contribution in [0.3, 0.4) is 0 Å². The highest BCUT2D eigenvalue weighted by molar-refractivity contribution is 5.64. The van der Waals surface area contributed by atoms with Gasteiger partial charge in [-0.3, -0.25) is 10.1 Å². The van der Waals surface area contributed by atoms with Gasteiger partial charge in [0.25, 0.3) is 5.69 Å². The number of anilines is 1. The first-order chi connectivity index (χ1) is 9.86. The van der Waals surface area contributed by atoms with E-state index in [0.29, 0.717) is 36.7 Å². The van der Waals surface area contributed by atoms with Gasteiger partial charge in [-0.05, 0) is 24.5 Å². The van der Waals surface area contributed by atoms with E-state index in [1.165, 1.54) is 6.07 Å².